The summed E-state index contributed by atoms with van der Waals surface area (Å²) >= 11 is 24.2. The summed E-state index contributed by atoms with van der Waals surface area (Å²) in [6.45, 7) is 0.584. The number of esters is 6. The summed E-state index contributed by atoms with van der Waals surface area (Å²) in [5.41, 5.74) is -1.71. The minimum absolute atomic E-state index is 0.0189. The fourth-order valence-corrected chi connectivity index (χ4v) is 4.96. The Morgan fingerprint density at radius 3 is 0.891 bits per heavy atom. The van der Waals surface area contributed by atoms with Gasteiger partial charge in [0.1, 0.15) is 39.6 Å². The molecular weight excluding hydrogens is 835 g/mol. The van der Waals surface area contributed by atoms with Crippen molar-refractivity contribution in [2.45, 2.75) is 38.5 Å². The van der Waals surface area contributed by atoms with E-state index in [0.717, 1.165) is 5.56 Å². The third-order valence-corrected chi connectivity index (χ3v) is 8.23. The number of ether oxygens (including phenoxy) is 7. The van der Waals surface area contributed by atoms with Gasteiger partial charge in [-0.25, -0.2) is 0 Å². The van der Waals surface area contributed by atoms with E-state index in [1.165, 1.54) is 0 Å². The number of hydrogen-bond acceptors (Lipinski definition) is 20. The van der Waals surface area contributed by atoms with Crippen molar-refractivity contribution in [3.8, 4) is 0 Å². The summed E-state index contributed by atoms with van der Waals surface area (Å²) in [7, 11) is 0. The molecule has 1 heterocycles. The van der Waals surface area contributed by atoms with Gasteiger partial charge in [-0.15, -0.1) is 0 Å². The lowest BCUT2D eigenvalue weighted by Crippen LogP contribution is -2.47. The number of thiol groups is 6. The fourth-order valence-electron chi connectivity index (χ4n) is 3.87. The molecule has 1 aromatic heterocycles. The van der Waals surface area contributed by atoms with Crippen LogP contribution in [0.4, 0.5) is 0 Å². The quantitative estimate of drug-likeness (QED) is 0.0388. The number of carbonyl (C=O) groups excluding carboxylic acids is 6. The van der Waals surface area contributed by atoms with Crippen molar-refractivity contribution < 1.29 is 61.9 Å². The summed E-state index contributed by atoms with van der Waals surface area (Å²) in [6.07, 6.45) is 5.17. The van der Waals surface area contributed by atoms with Gasteiger partial charge in [-0.2, -0.15) is 75.8 Å². The second kappa shape index (κ2) is 32.8. The Labute approximate surface area is 356 Å². The SMILES string of the molecule is C=Cc1ccncc1.O=C(CCS)OCC(COCC(COC(=O)CCS)(COC(=O)CCS)COC(=O)CCS)(COC(=O)CCS)COC(=O)CCS. The zero-order chi connectivity index (χ0) is 41.4. The van der Waals surface area contributed by atoms with Crippen LogP contribution in [0.15, 0.2) is 31.1 Å². The van der Waals surface area contributed by atoms with Gasteiger partial charge in [0.05, 0.1) is 62.6 Å². The molecule has 0 spiro atoms. The molecule has 0 saturated carbocycles. The highest BCUT2D eigenvalue weighted by Crippen LogP contribution is 2.27. The first-order valence-corrected chi connectivity index (χ1v) is 20.9. The van der Waals surface area contributed by atoms with E-state index in [4.69, 9.17) is 33.2 Å². The summed E-state index contributed by atoms with van der Waals surface area (Å²) < 4.78 is 38.6. The number of rotatable bonds is 29. The van der Waals surface area contributed by atoms with Crippen LogP contribution in [0.25, 0.3) is 6.08 Å². The first-order valence-electron chi connectivity index (χ1n) is 17.1. The van der Waals surface area contributed by atoms with Crippen LogP contribution < -0.4 is 0 Å². The largest absolute Gasteiger partial charge is 0.465 e. The highest BCUT2D eigenvalue weighted by atomic mass is 32.1. The average molecular weight is 888 g/mol. The Morgan fingerprint density at radius 1 is 0.473 bits per heavy atom. The molecule has 55 heavy (non-hydrogen) atoms. The van der Waals surface area contributed by atoms with Crippen molar-refractivity contribution in [1.82, 2.24) is 4.98 Å². The van der Waals surface area contributed by atoms with E-state index in [1.807, 2.05) is 12.1 Å². The molecule has 0 atom stereocenters. The van der Waals surface area contributed by atoms with Gasteiger partial charge in [0, 0.05) is 46.9 Å². The van der Waals surface area contributed by atoms with Gasteiger partial charge in [0.15, 0.2) is 0 Å². The van der Waals surface area contributed by atoms with Crippen molar-refractivity contribution in [3.63, 3.8) is 0 Å². The van der Waals surface area contributed by atoms with Gasteiger partial charge in [-0.3, -0.25) is 33.8 Å². The lowest BCUT2D eigenvalue weighted by atomic mass is 9.90. The zero-order valence-electron chi connectivity index (χ0n) is 30.7. The normalized spacial score (nSPS) is 10.9. The molecule has 20 heteroatoms. The summed E-state index contributed by atoms with van der Waals surface area (Å²) in [5.74, 6) is -2.37. The van der Waals surface area contributed by atoms with Crippen molar-refractivity contribution in [1.29, 1.82) is 0 Å². The Kier molecular flexibility index (Phi) is 31.5. The van der Waals surface area contributed by atoms with E-state index in [-0.39, 0.29) is 126 Å². The number of pyridine rings is 1. The molecule has 0 aliphatic heterocycles. The summed E-state index contributed by atoms with van der Waals surface area (Å²) in [5, 5.41) is 0. The molecule has 0 radical (unpaired) electrons. The molecule has 0 unspecified atom stereocenters. The molecule has 0 N–H and O–H groups in total. The van der Waals surface area contributed by atoms with Crippen LogP contribution in [0.3, 0.4) is 0 Å². The predicted molar refractivity (Wildman–Crippen MR) is 227 cm³/mol. The fraction of sp³-hybridized carbons (Fsp3) is 0.629. The highest BCUT2D eigenvalue weighted by molar-refractivity contribution is 7.81. The van der Waals surface area contributed by atoms with Crippen molar-refractivity contribution in [2.75, 3.05) is 87.4 Å². The smallest absolute Gasteiger partial charge is 0.306 e. The zero-order valence-corrected chi connectivity index (χ0v) is 36.0. The molecule has 1 rings (SSSR count). The average Bonchev–Trinajstić information content (AvgIpc) is 3.17. The molecule has 1 aromatic rings. The van der Waals surface area contributed by atoms with Gasteiger partial charge in [-0.1, -0.05) is 12.7 Å². The number of nitrogens with zero attached hydrogens (tertiary/aromatic N) is 1. The Bertz CT molecular complexity index is 1110. The van der Waals surface area contributed by atoms with Crippen LogP contribution in [0.1, 0.15) is 44.1 Å². The van der Waals surface area contributed by atoms with Crippen LogP contribution in [-0.2, 0) is 61.9 Å². The van der Waals surface area contributed by atoms with Gasteiger partial charge in [0.25, 0.3) is 0 Å². The lowest BCUT2D eigenvalue weighted by Gasteiger charge is -2.35. The molecule has 312 valence electrons. The Morgan fingerprint density at radius 2 is 0.709 bits per heavy atom. The first kappa shape index (κ1) is 52.8. The molecule has 0 aromatic carbocycles. The maximum Gasteiger partial charge on any atom is 0.306 e. The van der Waals surface area contributed by atoms with E-state index in [2.05, 4.69) is 87.3 Å². The van der Waals surface area contributed by atoms with Crippen LogP contribution in [0.2, 0.25) is 0 Å². The lowest BCUT2D eigenvalue weighted by molar-refractivity contribution is -0.174. The number of aromatic nitrogens is 1. The molecule has 0 aliphatic carbocycles. The number of hydrogen-bond donors (Lipinski definition) is 6. The third kappa shape index (κ3) is 26.3. The molecule has 0 bridgehead atoms. The van der Waals surface area contributed by atoms with E-state index in [9.17, 15) is 28.8 Å². The van der Waals surface area contributed by atoms with E-state index in [0.29, 0.717) is 0 Å². The molecule has 0 aliphatic rings. The Balaban J connectivity index is 0.00000320. The third-order valence-electron chi connectivity index (χ3n) is 6.89. The summed E-state index contributed by atoms with van der Waals surface area (Å²) in [6, 6.07) is 3.82. The second-order valence-electron chi connectivity index (χ2n) is 11.8. The van der Waals surface area contributed by atoms with E-state index in [1.54, 1.807) is 18.5 Å². The van der Waals surface area contributed by atoms with Crippen molar-refractivity contribution in [3.05, 3.63) is 36.7 Å². The first-order chi connectivity index (χ1) is 26.4. The van der Waals surface area contributed by atoms with Gasteiger partial charge >= 0.3 is 35.8 Å². The molecule has 0 saturated heterocycles. The van der Waals surface area contributed by atoms with Gasteiger partial charge < -0.3 is 33.2 Å². The Hall–Kier alpha value is -2.23. The van der Waals surface area contributed by atoms with Crippen LogP contribution in [-0.4, -0.2) is 128 Å². The topological polar surface area (TPSA) is 180 Å². The van der Waals surface area contributed by atoms with Crippen molar-refractivity contribution in [2.24, 2.45) is 10.8 Å². The van der Waals surface area contributed by atoms with Crippen LogP contribution in [0.5, 0.6) is 0 Å². The predicted octanol–water partition coefficient (Wildman–Crippen LogP) is 3.88. The molecule has 0 amide bonds. The highest BCUT2D eigenvalue weighted by Gasteiger charge is 2.40. The minimum atomic E-state index is -1.41. The minimum Gasteiger partial charge on any atom is -0.465 e. The van der Waals surface area contributed by atoms with Crippen LogP contribution in [0, 0.1) is 10.8 Å². The summed E-state index contributed by atoms with van der Waals surface area (Å²) in [4.78, 5) is 77.7. The molecule has 0 fully saturated rings. The maximum atomic E-state index is 12.3. The van der Waals surface area contributed by atoms with Gasteiger partial charge in [0.2, 0.25) is 0 Å². The van der Waals surface area contributed by atoms with E-state index < -0.39 is 46.6 Å². The molecule has 14 nitrogen and oxygen atoms in total. The molecular formula is C35H53NO13S6. The van der Waals surface area contributed by atoms with Gasteiger partial charge in [-0.05, 0) is 17.7 Å². The monoisotopic (exact) mass is 887 g/mol. The second-order valence-corrected chi connectivity index (χ2v) is 14.5. The van der Waals surface area contributed by atoms with E-state index >= 15 is 0 Å². The standard InChI is InChI=1S/C28H46O13S6.C7H7N/c29-21(1-7-42)36-15-27(16-37-22(30)2-8-43,17-38-23(31)3-9-44)13-35-14-28(18-39-24(32)4-10-45,19-40-25(33)5-11-46)20-41-26(34)6-12-47;1-2-7-3-5-8-6-4-7/h42-47H,1-20H2;2-6H,1H2. The van der Waals surface area contributed by atoms with Crippen LogP contribution >= 0.6 is 75.8 Å². The van der Waals surface area contributed by atoms with Crippen molar-refractivity contribution >= 4 is 118 Å². The number of carbonyl (C=O) groups is 6. The maximum absolute atomic E-state index is 12.3.